The molecule has 4 heteroatoms. The molecule has 0 aliphatic carbocycles. The van der Waals surface area contributed by atoms with E-state index >= 15 is 0 Å². The molecule has 1 aromatic carbocycles. The molecule has 0 aliphatic rings. The number of hydrogen-bond donors (Lipinski definition) is 1. The summed E-state index contributed by atoms with van der Waals surface area (Å²) in [5.41, 5.74) is 0.488. The van der Waals surface area contributed by atoms with E-state index in [1.54, 1.807) is 12.1 Å². The van der Waals surface area contributed by atoms with Crippen molar-refractivity contribution in [3.05, 3.63) is 29.8 Å². The number of carbonyl (C=O) groups is 1. The van der Waals surface area contributed by atoms with E-state index in [-0.39, 0.29) is 18.2 Å². The minimum Gasteiger partial charge on any atom is -0.508 e. The van der Waals surface area contributed by atoms with E-state index in [1.165, 1.54) is 17.0 Å². The largest absolute Gasteiger partial charge is 0.508 e. The van der Waals surface area contributed by atoms with Gasteiger partial charge in [0.2, 0.25) is 0 Å². The molecule has 0 unspecified atom stereocenters. The van der Waals surface area contributed by atoms with Crippen molar-refractivity contribution in [3.8, 4) is 11.8 Å². The average Bonchev–Trinajstić information content (AvgIpc) is 2.29. The number of nitrogens with zero attached hydrogens (tertiary/aromatic N) is 2. The number of phenols is 1. The van der Waals surface area contributed by atoms with Gasteiger partial charge in [0, 0.05) is 12.1 Å². The molecule has 0 atom stereocenters. The van der Waals surface area contributed by atoms with E-state index in [9.17, 15) is 4.79 Å². The summed E-state index contributed by atoms with van der Waals surface area (Å²) in [4.78, 5) is 13.4. The van der Waals surface area contributed by atoms with E-state index in [0.717, 1.165) is 6.42 Å². The normalized spacial score (nSPS) is 9.50. The molecule has 0 radical (unpaired) electrons. The molecule has 1 amide bonds. The Bertz CT molecular complexity index is 392. The number of benzene rings is 1. The molecule has 0 aromatic heterocycles. The van der Waals surface area contributed by atoms with Gasteiger partial charge in [-0.15, -0.1) is 0 Å². The number of phenolic OH excluding ortho intramolecular Hbond substituents is 1. The standard InChI is InChI=1S/C12H14N2O2/c1-2-8-14(9-7-13)12(16)10-3-5-11(15)6-4-10/h3-6,15H,2,8-9H2,1H3. The first-order valence-corrected chi connectivity index (χ1v) is 5.14. The van der Waals surface area contributed by atoms with Crippen LogP contribution >= 0.6 is 0 Å². The average molecular weight is 218 g/mol. The maximum atomic E-state index is 11.9. The maximum absolute atomic E-state index is 11.9. The van der Waals surface area contributed by atoms with Gasteiger partial charge in [0.25, 0.3) is 5.91 Å². The summed E-state index contributed by atoms with van der Waals surface area (Å²) >= 11 is 0. The van der Waals surface area contributed by atoms with Gasteiger partial charge in [-0.25, -0.2) is 0 Å². The molecular formula is C12H14N2O2. The molecule has 1 aromatic rings. The van der Waals surface area contributed by atoms with Crippen molar-refractivity contribution < 1.29 is 9.90 Å². The Morgan fingerprint density at radius 1 is 1.44 bits per heavy atom. The molecule has 0 heterocycles. The van der Waals surface area contributed by atoms with Crippen molar-refractivity contribution in [2.75, 3.05) is 13.1 Å². The molecule has 4 nitrogen and oxygen atoms in total. The summed E-state index contributed by atoms with van der Waals surface area (Å²) in [6, 6.07) is 8.00. The molecule has 0 spiro atoms. The van der Waals surface area contributed by atoms with E-state index < -0.39 is 0 Å². The highest BCUT2D eigenvalue weighted by Gasteiger charge is 2.14. The number of aromatic hydroxyl groups is 1. The van der Waals surface area contributed by atoms with Crippen LogP contribution in [0.3, 0.4) is 0 Å². The highest BCUT2D eigenvalue weighted by molar-refractivity contribution is 5.94. The van der Waals surface area contributed by atoms with Crippen LogP contribution in [0.4, 0.5) is 0 Å². The summed E-state index contributed by atoms with van der Waals surface area (Å²) in [5.74, 6) is -0.0534. The zero-order valence-corrected chi connectivity index (χ0v) is 9.18. The summed E-state index contributed by atoms with van der Waals surface area (Å²) in [6.45, 7) is 2.61. The Balaban J connectivity index is 2.82. The minimum atomic E-state index is -0.177. The highest BCUT2D eigenvalue weighted by Crippen LogP contribution is 2.11. The third-order valence-corrected chi connectivity index (χ3v) is 2.16. The van der Waals surface area contributed by atoms with Crippen LogP contribution in [0.1, 0.15) is 23.7 Å². The number of rotatable bonds is 4. The van der Waals surface area contributed by atoms with Gasteiger partial charge in [-0.1, -0.05) is 6.92 Å². The van der Waals surface area contributed by atoms with Crippen LogP contribution in [0, 0.1) is 11.3 Å². The second-order valence-corrected chi connectivity index (χ2v) is 3.43. The molecule has 84 valence electrons. The van der Waals surface area contributed by atoms with Crippen LogP contribution in [0.25, 0.3) is 0 Å². The Morgan fingerprint density at radius 2 is 2.06 bits per heavy atom. The predicted octanol–water partition coefficient (Wildman–Crippen LogP) is 1.77. The summed E-state index contributed by atoms with van der Waals surface area (Å²) in [6.07, 6.45) is 0.811. The van der Waals surface area contributed by atoms with Crippen LogP contribution in [-0.2, 0) is 0 Å². The van der Waals surface area contributed by atoms with Crippen molar-refractivity contribution in [2.45, 2.75) is 13.3 Å². The predicted molar refractivity (Wildman–Crippen MR) is 59.9 cm³/mol. The fraction of sp³-hybridized carbons (Fsp3) is 0.333. The lowest BCUT2D eigenvalue weighted by Crippen LogP contribution is -2.32. The van der Waals surface area contributed by atoms with Crippen LogP contribution in [-0.4, -0.2) is 29.0 Å². The van der Waals surface area contributed by atoms with Crippen LogP contribution in [0.15, 0.2) is 24.3 Å². The van der Waals surface area contributed by atoms with Gasteiger partial charge in [0.1, 0.15) is 12.3 Å². The van der Waals surface area contributed by atoms with Gasteiger partial charge in [0.05, 0.1) is 6.07 Å². The van der Waals surface area contributed by atoms with Gasteiger partial charge in [-0.2, -0.15) is 5.26 Å². The van der Waals surface area contributed by atoms with Gasteiger partial charge >= 0.3 is 0 Å². The first-order valence-electron chi connectivity index (χ1n) is 5.14. The number of amides is 1. The maximum Gasteiger partial charge on any atom is 0.254 e. The molecule has 0 bridgehead atoms. The number of nitriles is 1. The van der Waals surface area contributed by atoms with Crippen molar-refractivity contribution in [3.63, 3.8) is 0 Å². The number of carbonyl (C=O) groups excluding carboxylic acids is 1. The molecule has 1 N–H and O–H groups in total. The Labute approximate surface area is 94.7 Å². The monoisotopic (exact) mass is 218 g/mol. The first-order chi connectivity index (χ1) is 7.69. The summed E-state index contributed by atoms with van der Waals surface area (Å²) in [5, 5.41) is 17.7. The Morgan fingerprint density at radius 3 is 2.56 bits per heavy atom. The van der Waals surface area contributed by atoms with Crippen LogP contribution in [0.2, 0.25) is 0 Å². The fourth-order valence-corrected chi connectivity index (χ4v) is 1.39. The lowest BCUT2D eigenvalue weighted by molar-refractivity contribution is 0.0776. The summed E-state index contributed by atoms with van der Waals surface area (Å²) in [7, 11) is 0. The molecule has 0 saturated carbocycles. The smallest absolute Gasteiger partial charge is 0.254 e. The van der Waals surface area contributed by atoms with E-state index in [1.807, 2.05) is 13.0 Å². The second-order valence-electron chi connectivity index (χ2n) is 3.43. The van der Waals surface area contributed by atoms with Crippen molar-refractivity contribution in [2.24, 2.45) is 0 Å². The number of hydrogen-bond acceptors (Lipinski definition) is 3. The lowest BCUT2D eigenvalue weighted by Gasteiger charge is -2.18. The third-order valence-electron chi connectivity index (χ3n) is 2.16. The van der Waals surface area contributed by atoms with Gasteiger partial charge in [0.15, 0.2) is 0 Å². The van der Waals surface area contributed by atoms with E-state index in [2.05, 4.69) is 0 Å². The molecule has 1 rings (SSSR count). The molecule has 16 heavy (non-hydrogen) atoms. The summed E-state index contributed by atoms with van der Waals surface area (Å²) < 4.78 is 0. The first kappa shape index (κ1) is 12.1. The van der Waals surface area contributed by atoms with Crippen molar-refractivity contribution in [1.29, 1.82) is 5.26 Å². The molecule has 0 saturated heterocycles. The lowest BCUT2D eigenvalue weighted by atomic mass is 10.2. The topological polar surface area (TPSA) is 64.3 Å². The Hall–Kier alpha value is -2.02. The van der Waals surface area contributed by atoms with Gasteiger partial charge in [-0.05, 0) is 30.7 Å². The fourth-order valence-electron chi connectivity index (χ4n) is 1.39. The van der Waals surface area contributed by atoms with Crippen molar-refractivity contribution >= 4 is 5.91 Å². The van der Waals surface area contributed by atoms with E-state index in [0.29, 0.717) is 12.1 Å². The zero-order chi connectivity index (χ0) is 12.0. The van der Waals surface area contributed by atoms with E-state index in [4.69, 9.17) is 10.4 Å². The minimum absolute atomic E-state index is 0.0908. The van der Waals surface area contributed by atoms with Crippen LogP contribution in [0.5, 0.6) is 5.75 Å². The van der Waals surface area contributed by atoms with Gasteiger partial charge in [-0.3, -0.25) is 4.79 Å². The quantitative estimate of drug-likeness (QED) is 0.783. The van der Waals surface area contributed by atoms with Crippen molar-refractivity contribution in [1.82, 2.24) is 4.90 Å². The second kappa shape index (κ2) is 5.76. The highest BCUT2D eigenvalue weighted by atomic mass is 16.3. The zero-order valence-electron chi connectivity index (χ0n) is 9.18. The molecular weight excluding hydrogens is 204 g/mol. The SMILES string of the molecule is CCCN(CC#N)C(=O)c1ccc(O)cc1. The Kier molecular flexibility index (Phi) is 4.34. The molecule has 0 fully saturated rings. The third kappa shape index (κ3) is 2.99. The molecule has 0 aliphatic heterocycles. The van der Waals surface area contributed by atoms with Gasteiger partial charge < -0.3 is 10.0 Å². The van der Waals surface area contributed by atoms with Crippen LogP contribution < -0.4 is 0 Å².